The first-order valence-corrected chi connectivity index (χ1v) is 12.0. The summed E-state index contributed by atoms with van der Waals surface area (Å²) in [6.45, 7) is 1.24. The largest absolute Gasteiger partial charge is 0.465 e. The fraction of sp³-hybridized carbons (Fsp3) is 0.160. The zero-order valence-corrected chi connectivity index (χ0v) is 21.5. The van der Waals surface area contributed by atoms with Gasteiger partial charge in [0.15, 0.2) is 11.5 Å². The topological polar surface area (TPSA) is 115 Å². The molecule has 0 bridgehead atoms. The van der Waals surface area contributed by atoms with Gasteiger partial charge in [-0.25, -0.2) is 9.67 Å². The van der Waals surface area contributed by atoms with Gasteiger partial charge < -0.3 is 15.4 Å². The second-order valence-electron chi connectivity index (χ2n) is 7.91. The molecule has 39 heavy (non-hydrogen) atoms. The van der Waals surface area contributed by atoms with Gasteiger partial charge in [0.05, 0.1) is 27.9 Å². The van der Waals surface area contributed by atoms with Crippen LogP contribution in [0.4, 0.5) is 18.9 Å². The number of carbonyl (C=O) groups excluding carboxylic acids is 3. The molecule has 0 aliphatic rings. The van der Waals surface area contributed by atoms with Crippen LogP contribution in [0.25, 0.3) is 16.6 Å². The number of benzene rings is 2. The van der Waals surface area contributed by atoms with Gasteiger partial charge in [-0.2, -0.15) is 18.3 Å². The highest BCUT2D eigenvalue weighted by Gasteiger charge is 2.37. The number of amides is 2. The van der Waals surface area contributed by atoms with Crippen LogP contribution in [0.1, 0.15) is 33.5 Å². The van der Waals surface area contributed by atoms with Crippen LogP contribution in [0.3, 0.4) is 0 Å². The van der Waals surface area contributed by atoms with Crippen molar-refractivity contribution in [3.8, 4) is 5.82 Å². The third-order valence-electron chi connectivity index (χ3n) is 5.34. The minimum absolute atomic E-state index is 0.0549. The third-order valence-corrected chi connectivity index (χ3v) is 6.03. The minimum Gasteiger partial charge on any atom is -0.465 e. The van der Waals surface area contributed by atoms with Gasteiger partial charge in [0.1, 0.15) is 12.2 Å². The Morgan fingerprint density at radius 2 is 1.79 bits per heavy atom. The Labute approximate surface area is 228 Å². The van der Waals surface area contributed by atoms with Crippen LogP contribution in [0.2, 0.25) is 10.0 Å². The van der Waals surface area contributed by atoms with Gasteiger partial charge in [0.25, 0.3) is 11.8 Å². The molecule has 0 aliphatic heterocycles. The monoisotopic (exact) mass is 579 g/mol. The van der Waals surface area contributed by atoms with Crippen molar-refractivity contribution in [2.24, 2.45) is 0 Å². The van der Waals surface area contributed by atoms with Gasteiger partial charge in [-0.3, -0.25) is 14.4 Å². The second kappa shape index (κ2) is 11.3. The summed E-state index contributed by atoms with van der Waals surface area (Å²) < 4.78 is 46.0. The van der Waals surface area contributed by atoms with Gasteiger partial charge in [-0.1, -0.05) is 47.5 Å². The molecule has 2 heterocycles. The van der Waals surface area contributed by atoms with Crippen LogP contribution in [-0.2, 0) is 15.7 Å². The molecule has 0 fully saturated rings. The van der Waals surface area contributed by atoms with E-state index in [1.807, 2.05) is 0 Å². The van der Waals surface area contributed by atoms with E-state index in [1.165, 1.54) is 24.4 Å². The lowest BCUT2D eigenvalue weighted by atomic mass is 10.0. The SMILES string of the molecule is CCOC(=O)CNC(=O)c1cc2ccccc2c(Cl)c1NC(=O)c1cc(C(F)(F)F)nn1-c1ncccc1Cl. The van der Waals surface area contributed by atoms with Gasteiger partial charge >= 0.3 is 12.1 Å². The van der Waals surface area contributed by atoms with E-state index < -0.39 is 41.9 Å². The molecule has 0 radical (unpaired) electrons. The van der Waals surface area contributed by atoms with Crippen molar-refractivity contribution in [3.63, 3.8) is 0 Å². The van der Waals surface area contributed by atoms with Crippen molar-refractivity contribution in [1.29, 1.82) is 0 Å². The Morgan fingerprint density at radius 3 is 2.49 bits per heavy atom. The highest BCUT2D eigenvalue weighted by molar-refractivity contribution is 6.40. The number of hydrogen-bond acceptors (Lipinski definition) is 6. The van der Waals surface area contributed by atoms with Crippen LogP contribution in [0.15, 0.2) is 54.7 Å². The summed E-state index contributed by atoms with van der Waals surface area (Å²) in [5.74, 6) is -2.80. The number of carbonyl (C=O) groups is 3. The number of rotatable bonds is 7. The van der Waals surface area contributed by atoms with E-state index in [1.54, 1.807) is 31.2 Å². The maximum atomic E-state index is 13.5. The summed E-state index contributed by atoms with van der Waals surface area (Å²) in [4.78, 5) is 42.1. The molecular formula is C25H18Cl2F3N5O4. The fourth-order valence-corrected chi connectivity index (χ4v) is 4.14. The Morgan fingerprint density at radius 1 is 1.05 bits per heavy atom. The molecule has 9 nitrogen and oxygen atoms in total. The number of ether oxygens (including phenoxy) is 1. The molecule has 4 aromatic rings. The molecule has 0 saturated heterocycles. The van der Waals surface area contributed by atoms with E-state index in [2.05, 4.69) is 20.7 Å². The molecular weight excluding hydrogens is 562 g/mol. The molecule has 202 valence electrons. The first kappa shape index (κ1) is 27.9. The maximum absolute atomic E-state index is 13.5. The van der Waals surface area contributed by atoms with E-state index >= 15 is 0 Å². The smallest absolute Gasteiger partial charge is 0.435 e. The molecule has 0 aliphatic carbocycles. The normalized spacial score (nSPS) is 11.3. The molecule has 0 saturated carbocycles. The number of pyridine rings is 1. The lowest BCUT2D eigenvalue weighted by molar-refractivity contribution is -0.142. The molecule has 0 spiro atoms. The molecule has 2 amide bonds. The van der Waals surface area contributed by atoms with Crippen LogP contribution in [0, 0.1) is 0 Å². The van der Waals surface area contributed by atoms with E-state index in [0.29, 0.717) is 21.5 Å². The van der Waals surface area contributed by atoms with Crippen LogP contribution < -0.4 is 10.6 Å². The number of aromatic nitrogens is 3. The highest BCUT2D eigenvalue weighted by atomic mass is 35.5. The van der Waals surface area contributed by atoms with Crippen molar-refractivity contribution in [3.05, 3.63) is 81.7 Å². The van der Waals surface area contributed by atoms with Crippen molar-refractivity contribution in [2.75, 3.05) is 18.5 Å². The summed E-state index contributed by atoms with van der Waals surface area (Å²) in [5.41, 5.74) is -2.29. The summed E-state index contributed by atoms with van der Waals surface area (Å²) in [5, 5.41) is 9.17. The standard InChI is InChI=1S/C25H18Cl2F3N5O4/c1-2-39-19(36)12-32-23(37)15-10-13-6-3-4-7-14(13)20(27)21(15)33-24(38)17-11-18(25(28,29)30)34-35(17)22-16(26)8-5-9-31-22/h3-11H,2,12H2,1H3,(H,32,37)(H,33,38). The number of alkyl halides is 3. The van der Waals surface area contributed by atoms with E-state index in [0.717, 1.165) is 0 Å². The van der Waals surface area contributed by atoms with Gasteiger partial charge in [0, 0.05) is 17.6 Å². The van der Waals surface area contributed by atoms with Crippen molar-refractivity contribution < 1.29 is 32.3 Å². The Hall–Kier alpha value is -4.16. The maximum Gasteiger partial charge on any atom is 0.435 e. The molecule has 2 aromatic heterocycles. The number of halogens is 5. The number of esters is 1. The molecule has 2 aromatic carbocycles. The molecule has 0 unspecified atom stereocenters. The van der Waals surface area contributed by atoms with E-state index in [-0.39, 0.29) is 33.7 Å². The van der Waals surface area contributed by atoms with Gasteiger partial charge in [-0.15, -0.1) is 0 Å². The van der Waals surface area contributed by atoms with Gasteiger partial charge in [-0.05, 0) is 30.5 Å². The predicted octanol–water partition coefficient (Wildman–Crippen LogP) is 5.29. The Balaban J connectivity index is 1.79. The number of anilines is 1. The zero-order valence-electron chi connectivity index (χ0n) is 20.0. The molecule has 14 heteroatoms. The number of nitrogens with one attached hydrogen (secondary N) is 2. The van der Waals surface area contributed by atoms with Gasteiger partial charge in [0.2, 0.25) is 0 Å². The summed E-state index contributed by atoms with van der Waals surface area (Å²) in [6.07, 6.45) is -3.62. The number of nitrogens with zero attached hydrogens (tertiary/aromatic N) is 3. The second-order valence-corrected chi connectivity index (χ2v) is 8.69. The van der Waals surface area contributed by atoms with Crippen molar-refractivity contribution >= 4 is 57.4 Å². The van der Waals surface area contributed by atoms with Crippen molar-refractivity contribution in [2.45, 2.75) is 13.1 Å². The first-order valence-electron chi connectivity index (χ1n) is 11.3. The molecule has 4 rings (SSSR count). The summed E-state index contributed by atoms with van der Waals surface area (Å²) >= 11 is 12.7. The lowest BCUT2D eigenvalue weighted by Crippen LogP contribution is -2.31. The quantitative estimate of drug-likeness (QED) is 0.287. The summed E-state index contributed by atoms with van der Waals surface area (Å²) in [6, 6.07) is 11.4. The Bertz CT molecular complexity index is 1590. The van der Waals surface area contributed by atoms with E-state index in [9.17, 15) is 27.6 Å². The summed E-state index contributed by atoms with van der Waals surface area (Å²) in [7, 11) is 0. The Kier molecular flexibility index (Phi) is 8.07. The average Bonchev–Trinajstić information content (AvgIpc) is 3.35. The highest BCUT2D eigenvalue weighted by Crippen LogP contribution is 2.36. The van der Waals surface area contributed by atoms with Crippen LogP contribution in [-0.4, -0.2) is 45.7 Å². The van der Waals surface area contributed by atoms with Crippen LogP contribution in [0.5, 0.6) is 0 Å². The molecule has 0 atom stereocenters. The van der Waals surface area contributed by atoms with Crippen LogP contribution >= 0.6 is 23.2 Å². The minimum atomic E-state index is -4.89. The van der Waals surface area contributed by atoms with Crippen molar-refractivity contribution in [1.82, 2.24) is 20.1 Å². The number of hydrogen-bond donors (Lipinski definition) is 2. The third kappa shape index (κ3) is 5.96. The first-order chi connectivity index (χ1) is 18.5. The number of fused-ring (bicyclic) bond motifs is 1. The fourth-order valence-electron chi connectivity index (χ4n) is 3.62. The average molecular weight is 580 g/mol. The molecule has 2 N–H and O–H groups in total. The zero-order chi connectivity index (χ0) is 28.3. The predicted molar refractivity (Wildman–Crippen MR) is 137 cm³/mol. The lowest BCUT2D eigenvalue weighted by Gasteiger charge is -2.16. The van der Waals surface area contributed by atoms with E-state index in [4.69, 9.17) is 27.9 Å².